The molecule has 4 rings (SSSR count). The Hall–Kier alpha value is -2.35. The molecular weight excluding hydrogens is 553 g/mol. The Morgan fingerprint density at radius 2 is 1.95 bits per heavy atom. The van der Waals surface area contributed by atoms with Crippen LogP contribution in [0.25, 0.3) is 0 Å². The lowest BCUT2D eigenvalue weighted by Gasteiger charge is -2.36. The van der Waals surface area contributed by atoms with E-state index in [1.54, 1.807) is 30.3 Å². The molecule has 3 fully saturated rings. The van der Waals surface area contributed by atoms with Gasteiger partial charge in [0.15, 0.2) is 0 Å². The smallest absolute Gasteiger partial charge is 0.408 e. The summed E-state index contributed by atoms with van der Waals surface area (Å²) in [6, 6.07) is 5.04. The molecule has 2 saturated carbocycles. The van der Waals surface area contributed by atoms with E-state index in [2.05, 4.69) is 17.2 Å². The summed E-state index contributed by atoms with van der Waals surface area (Å²) in [7, 11) is -3.95. The summed E-state index contributed by atoms with van der Waals surface area (Å²) in [4.78, 5) is 52.8. The average molecular weight is 594 g/mol. The third kappa shape index (κ3) is 6.58. The van der Waals surface area contributed by atoms with Crippen LogP contribution in [-0.4, -0.2) is 57.7 Å². The number of rotatable bonds is 9. The molecule has 3 amide bonds. The Morgan fingerprint density at radius 3 is 2.55 bits per heavy atom. The zero-order chi connectivity index (χ0) is 29.3. The number of nitrogens with one attached hydrogen (secondary N) is 2. The first-order valence-electron chi connectivity index (χ1n) is 14.1. The van der Waals surface area contributed by atoms with Gasteiger partial charge in [-0.05, 0) is 68.1 Å². The first-order chi connectivity index (χ1) is 18.8. The lowest BCUT2D eigenvalue weighted by Crippen LogP contribution is -2.58. The minimum atomic E-state index is -3.95. The summed E-state index contributed by atoms with van der Waals surface area (Å²) in [6.07, 6.45) is 5.63. The maximum atomic E-state index is 13.8. The third-order valence-corrected chi connectivity index (χ3v) is 11.2. The highest BCUT2D eigenvalue weighted by atomic mass is 35.5. The van der Waals surface area contributed by atoms with Gasteiger partial charge in [0, 0.05) is 17.5 Å². The second kappa shape index (κ2) is 11.9. The van der Waals surface area contributed by atoms with E-state index in [0.29, 0.717) is 30.0 Å². The van der Waals surface area contributed by atoms with Crippen molar-refractivity contribution in [3.05, 3.63) is 47.5 Å². The van der Waals surface area contributed by atoms with E-state index in [0.717, 1.165) is 25.7 Å². The Bertz CT molecular complexity index is 1200. The molecule has 0 aromatic heterocycles. The molecule has 5 atom stereocenters. The summed E-state index contributed by atoms with van der Waals surface area (Å²) < 4.78 is 19.3. The van der Waals surface area contributed by atoms with Gasteiger partial charge in [-0.3, -0.25) is 14.2 Å². The van der Waals surface area contributed by atoms with Crippen molar-refractivity contribution in [2.24, 2.45) is 11.3 Å². The van der Waals surface area contributed by atoms with Crippen LogP contribution in [0.15, 0.2) is 36.9 Å². The van der Waals surface area contributed by atoms with E-state index in [1.807, 2.05) is 20.8 Å². The van der Waals surface area contributed by atoms with Gasteiger partial charge in [-0.15, -0.1) is 6.58 Å². The number of halogens is 1. The van der Waals surface area contributed by atoms with Crippen molar-refractivity contribution in [3.8, 4) is 0 Å². The maximum Gasteiger partial charge on any atom is 0.408 e. The van der Waals surface area contributed by atoms with E-state index >= 15 is 0 Å². The summed E-state index contributed by atoms with van der Waals surface area (Å²) >= 11 is 6.08. The zero-order valence-electron chi connectivity index (χ0n) is 23.5. The van der Waals surface area contributed by atoms with Crippen molar-refractivity contribution in [1.29, 1.82) is 0 Å². The van der Waals surface area contributed by atoms with Gasteiger partial charge in [0.05, 0.1) is 6.16 Å². The van der Waals surface area contributed by atoms with Crippen molar-refractivity contribution in [3.63, 3.8) is 0 Å². The van der Waals surface area contributed by atoms with Crippen LogP contribution in [-0.2, 0) is 25.1 Å². The number of hydrogen-bond acceptors (Lipinski definition) is 5. The number of carbonyl (C=O) groups excluding carboxylic acids is 3. The van der Waals surface area contributed by atoms with Crippen LogP contribution in [0.1, 0.15) is 71.3 Å². The van der Waals surface area contributed by atoms with Gasteiger partial charge in [0.25, 0.3) is 0 Å². The summed E-state index contributed by atoms with van der Waals surface area (Å²) in [6.45, 7) is 9.69. The van der Waals surface area contributed by atoms with Crippen LogP contribution in [0.4, 0.5) is 4.79 Å². The summed E-state index contributed by atoms with van der Waals surface area (Å²) in [5, 5.41) is 4.75. The Balaban J connectivity index is 1.48. The number of likely N-dealkylation sites (tertiary alicyclic amines) is 1. The highest BCUT2D eigenvalue weighted by Gasteiger charge is 2.65. The lowest BCUT2D eigenvalue weighted by atomic mass is 9.85. The van der Waals surface area contributed by atoms with Crippen LogP contribution in [0, 0.1) is 11.3 Å². The fourth-order valence-corrected chi connectivity index (χ4v) is 8.51. The standard InChI is InChI=1S/C29H41ClN3O6P/c1-5-20-17-29(20,40(37,38)18-19-10-8-11-21(30)16-19)32-25(34)23-14-9-15-33(23)26(35)24(28(2,3)4)31-27(36)39-22-12-6-7-13-22/h5,8,10-11,16,20,22-24H,1,6-7,9,12-15,17-18H2,2-4H3,(H,31,36)(H,32,34)(H,37,38)/t20-,23+,24-,29+/m1/s1. The quantitative estimate of drug-likeness (QED) is 0.267. The number of carbonyl (C=O) groups is 3. The lowest BCUT2D eigenvalue weighted by molar-refractivity contribution is -0.142. The SMILES string of the molecule is C=C[C@@H]1C[C@]1(NC(=O)[C@@H]1CCCN1C(=O)[C@@H](NC(=O)OC1CCCC1)C(C)(C)C)P(=O)(O)Cc1cccc(Cl)c1. The highest BCUT2D eigenvalue weighted by molar-refractivity contribution is 7.59. The van der Waals surface area contributed by atoms with Gasteiger partial charge >= 0.3 is 6.09 Å². The van der Waals surface area contributed by atoms with Gasteiger partial charge in [0.2, 0.25) is 19.2 Å². The molecule has 2 aliphatic carbocycles. The second-order valence-electron chi connectivity index (χ2n) is 12.4. The van der Waals surface area contributed by atoms with Crippen LogP contribution >= 0.6 is 19.0 Å². The zero-order valence-corrected chi connectivity index (χ0v) is 25.2. The third-order valence-electron chi connectivity index (χ3n) is 8.31. The largest absolute Gasteiger partial charge is 0.446 e. The monoisotopic (exact) mass is 593 g/mol. The molecule has 40 heavy (non-hydrogen) atoms. The molecule has 3 aliphatic rings. The molecule has 9 nitrogen and oxygen atoms in total. The minimum Gasteiger partial charge on any atom is -0.446 e. The molecule has 1 aliphatic heterocycles. The van der Waals surface area contributed by atoms with Gasteiger partial charge in [-0.2, -0.15) is 0 Å². The Labute approximate surface area is 241 Å². The van der Waals surface area contributed by atoms with Gasteiger partial charge in [-0.1, -0.05) is 50.6 Å². The molecule has 1 saturated heterocycles. The van der Waals surface area contributed by atoms with Gasteiger partial charge < -0.3 is 25.2 Å². The van der Waals surface area contributed by atoms with Crippen LogP contribution < -0.4 is 10.6 Å². The number of ether oxygens (including phenoxy) is 1. The average Bonchev–Trinajstić information content (AvgIpc) is 3.20. The van der Waals surface area contributed by atoms with Crippen molar-refractivity contribution >= 4 is 36.9 Å². The van der Waals surface area contributed by atoms with Gasteiger partial charge in [-0.25, -0.2) is 4.79 Å². The number of benzene rings is 1. The van der Waals surface area contributed by atoms with Crippen molar-refractivity contribution < 1.29 is 28.6 Å². The predicted octanol–water partition coefficient (Wildman–Crippen LogP) is 5.20. The molecule has 1 aromatic rings. The Kier molecular flexibility index (Phi) is 9.08. The first-order valence-corrected chi connectivity index (χ1v) is 16.3. The number of alkyl carbamates (subject to hydrolysis) is 1. The molecule has 1 aromatic carbocycles. The molecule has 3 N–H and O–H groups in total. The maximum absolute atomic E-state index is 13.8. The number of amides is 3. The van der Waals surface area contributed by atoms with E-state index in [-0.39, 0.29) is 30.5 Å². The number of hydrogen-bond donors (Lipinski definition) is 3. The fourth-order valence-electron chi connectivity index (χ4n) is 5.94. The highest BCUT2D eigenvalue weighted by Crippen LogP contribution is 2.70. The van der Waals surface area contributed by atoms with E-state index in [4.69, 9.17) is 16.3 Å². The molecule has 220 valence electrons. The minimum absolute atomic E-state index is 0.144. The second-order valence-corrected chi connectivity index (χ2v) is 15.3. The molecule has 1 heterocycles. The topological polar surface area (TPSA) is 125 Å². The molecule has 0 spiro atoms. The van der Waals surface area contributed by atoms with Crippen LogP contribution in [0.2, 0.25) is 5.02 Å². The summed E-state index contributed by atoms with van der Waals surface area (Å²) in [5.74, 6) is -1.21. The molecule has 0 bridgehead atoms. The summed E-state index contributed by atoms with van der Waals surface area (Å²) in [5.41, 5.74) is -0.0401. The molecule has 0 radical (unpaired) electrons. The van der Waals surface area contributed by atoms with Crippen molar-refractivity contribution in [2.45, 2.75) is 95.3 Å². The molecule has 1 unspecified atom stereocenters. The molecular formula is C29H41ClN3O6P. The first kappa shape index (κ1) is 30.6. The van der Waals surface area contributed by atoms with E-state index < -0.39 is 42.1 Å². The van der Waals surface area contributed by atoms with E-state index in [9.17, 15) is 23.8 Å². The molecule has 11 heteroatoms. The van der Waals surface area contributed by atoms with Crippen molar-refractivity contribution in [2.75, 3.05) is 6.54 Å². The number of nitrogens with zero attached hydrogens (tertiary/aromatic N) is 1. The van der Waals surface area contributed by atoms with Gasteiger partial charge in [0.1, 0.15) is 23.5 Å². The Morgan fingerprint density at radius 1 is 1.25 bits per heavy atom. The van der Waals surface area contributed by atoms with Crippen molar-refractivity contribution in [1.82, 2.24) is 15.5 Å². The predicted molar refractivity (Wildman–Crippen MR) is 154 cm³/mol. The fraction of sp³-hybridized carbons (Fsp3) is 0.621. The van der Waals surface area contributed by atoms with Crippen LogP contribution in [0.3, 0.4) is 0 Å². The van der Waals surface area contributed by atoms with Crippen LogP contribution in [0.5, 0.6) is 0 Å². The normalized spacial score (nSPS) is 27.0. The van der Waals surface area contributed by atoms with E-state index in [1.165, 1.54) is 4.90 Å².